The van der Waals surface area contributed by atoms with Crippen LogP contribution in [0.1, 0.15) is 11.1 Å². The Morgan fingerprint density at radius 2 is 1.90 bits per heavy atom. The number of nitrogens with one attached hydrogen (secondary N) is 2. The lowest BCUT2D eigenvalue weighted by atomic mass is 10.1. The van der Waals surface area contributed by atoms with E-state index in [1.165, 1.54) is 18.4 Å². The number of aryl methyl sites for hydroxylation is 1. The lowest BCUT2D eigenvalue weighted by Gasteiger charge is -2.17. The van der Waals surface area contributed by atoms with Crippen molar-refractivity contribution in [2.75, 3.05) is 19.0 Å². The second-order valence-electron chi connectivity index (χ2n) is 6.51. The second kappa shape index (κ2) is 9.90. The van der Waals surface area contributed by atoms with Crippen LogP contribution in [0, 0.1) is 6.92 Å². The number of hydrogen-bond acceptors (Lipinski definition) is 6. The van der Waals surface area contributed by atoms with Crippen molar-refractivity contribution in [1.82, 2.24) is 15.5 Å². The summed E-state index contributed by atoms with van der Waals surface area (Å²) in [6.07, 6.45) is 0.353. The molecule has 1 heterocycles. The zero-order valence-electron chi connectivity index (χ0n) is 16.2. The molecule has 3 rings (SSSR count). The topological polar surface area (TPSA) is 93.2 Å². The average molecular weight is 410 g/mol. The SMILES string of the molecule is COCC(=O)N[C@H](Cc1ccccc1)C(=O)Nc1nnc(-c2cccc(C)c2)s1. The number of methoxy groups -OCH3 is 1. The van der Waals surface area contributed by atoms with E-state index in [1.807, 2.05) is 61.5 Å². The fourth-order valence-electron chi connectivity index (χ4n) is 2.79. The number of aromatic nitrogens is 2. The summed E-state index contributed by atoms with van der Waals surface area (Å²) in [5, 5.41) is 14.8. The van der Waals surface area contributed by atoms with E-state index in [0.717, 1.165) is 16.7 Å². The minimum absolute atomic E-state index is 0.116. The maximum atomic E-state index is 12.8. The Balaban J connectivity index is 1.72. The summed E-state index contributed by atoms with van der Waals surface area (Å²) >= 11 is 1.28. The van der Waals surface area contributed by atoms with Crippen molar-refractivity contribution in [2.24, 2.45) is 0 Å². The van der Waals surface area contributed by atoms with Crippen molar-refractivity contribution in [3.8, 4) is 10.6 Å². The molecule has 0 aliphatic rings. The van der Waals surface area contributed by atoms with E-state index in [-0.39, 0.29) is 18.4 Å². The fraction of sp³-hybridized carbons (Fsp3) is 0.238. The molecule has 0 aliphatic carbocycles. The molecule has 7 nitrogen and oxygen atoms in total. The molecule has 0 bridgehead atoms. The molecule has 0 saturated carbocycles. The molecular formula is C21H22N4O3S. The van der Waals surface area contributed by atoms with E-state index in [0.29, 0.717) is 16.6 Å². The van der Waals surface area contributed by atoms with E-state index < -0.39 is 6.04 Å². The van der Waals surface area contributed by atoms with Crippen LogP contribution in [0.3, 0.4) is 0 Å². The Bertz CT molecular complexity index is 975. The van der Waals surface area contributed by atoms with Crippen molar-refractivity contribution >= 4 is 28.3 Å². The zero-order chi connectivity index (χ0) is 20.6. The summed E-state index contributed by atoms with van der Waals surface area (Å²) in [4.78, 5) is 24.8. The van der Waals surface area contributed by atoms with Gasteiger partial charge in [-0.3, -0.25) is 14.9 Å². The Morgan fingerprint density at radius 3 is 2.62 bits per heavy atom. The van der Waals surface area contributed by atoms with Crippen LogP contribution in [0.25, 0.3) is 10.6 Å². The van der Waals surface area contributed by atoms with Gasteiger partial charge >= 0.3 is 0 Å². The van der Waals surface area contributed by atoms with Crippen LogP contribution in [0.5, 0.6) is 0 Å². The van der Waals surface area contributed by atoms with Gasteiger partial charge < -0.3 is 10.1 Å². The van der Waals surface area contributed by atoms with Crippen molar-refractivity contribution in [3.63, 3.8) is 0 Å². The summed E-state index contributed by atoms with van der Waals surface area (Å²) < 4.78 is 4.85. The molecular weight excluding hydrogens is 388 g/mol. The Morgan fingerprint density at radius 1 is 1.10 bits per heavy atom. The zero-order valence-corrected chi connectivity index (χ0v) is 17.0. The van der Waals surface area contributed by atoms with Crippen molar-refractivity contribution in [3.05, 3.63) is 65.7 Å². The highest BCUT2D eigenvalue weighted by Gasteiger charge is 2.22. The Kier molecular flexibility index (Phi) is 7.04. The van der Waals surface area contributed by atoms with Gasteiger partial charge in [0.05, 0.1) is 0 Å². The minimum Gasteiger partial charge on any atom is -0.375 e. The highest BCUT2D eigenvalue weighted by Crippen LogP contribution is 2.27. The van der Waals surface area contributed by atoms with Crippen molar-refractivity contribution in [2.45, 2.75) is 19.4 Å². The van der Waals surface area contributed by atoms with Crippen LogP contribution in [0.15, 0.2) is 54.6 Å². The maximum absolute atomic E-state index is 12.8. The van der Waals surface area contributed by atoms with Gasteiger partial charge in [0.2, 0.25) is 16.9 Å². The second-order valence-corrected chi connectivity index (χ2v) is 7.49. The average Bonchev–Trinajstić information content (AvgIpc) is 3.17. The van der Waals surface area contributed by atoms with Crippen LogP contribution >= 0.6 is 11.3 Å². The summed E-state index contributed by atoms with van der Waals surface area (Å²) in [7, 11) is 1.43. The molecule has 2 N–H and O–H groups in total. The fourth-order valence-corrected chi connectivity index (χ4v) is 3.53. The summed E-state index contributed by atoms with van der Waals surface area (Å²) in [6.45, 7) is 1.89. The van der Waals surface area contributed by atoms with Crippen LogP contribution in [0.2, 0.25) is 0 Å². The first-order chi connectivity index (χ1) is 14.0. The minimum atomic E-state index is -0.758. The number of anilines is 1. The largest absolute Gasteiger partial charge is 0.375 e. The molecule has 0 aliphatic heterocycles. The van der Waals surface area contributed by atoms with Crippen LogP contribution < -0.4 is 10.6 Å². The first kappa shape index (κ1) is 20.6. The predicted molar refractivity (Wildman–Crippen MR) is 113 cm³/mol. The molecule has 0 unspecified atom stereocenters. The summed E-state index contributed by atoms with van der Waals surface area (Å²) in [6, 6.07) is 16.6. The van der Waals surface area contributed by atoms with Gasteiger partial charge in [0, 0.05) is 19.1 Å². The molecule has 1 atom stereocenters. The Hall–Kier alpha value is -3.10. The van der Waals surface area contributed by atoms with Gasteiger partial charge in [-0.05, 0) is 18.6 Å². The predicted octanol–water partition coefficient (Wildman–Crippen LogP) is 2.83. The van der Waals surface area contributed by atoms with Crippen LogP contribution in [-0.4, -0.2) is 41.8 Å². The lowest BCUT2D eigenvalue weighted by Crippen LogP contribution is -2.46. The summed E-state index contributed by atoms with van der Waals surface area (Å²) in [5.41, 5.74) is 2.99. The first-order valence-electron chi connectivity index (χ1n) is 9.09. The van der Waals surface area contributed by atoms with Gasteiger partial charge in [0.15, 0.2) is 0 Å². The number of ether oxygens (including phenoxy) is 1. The number of rotatable bonds is 8. The number of amides is 2. The number of hydrogen-bond donors (Lipinski definition) is 2. The van der Waals surface area contributed by atoms with Gasteiger partial charge in [0.25, 0.3) is 0 Å². The molecule has 0 fully saturated rings. The highest BCUT2D eigenvalue weighted by atomic mass is 32.1. The van der Waals surface area contributed by atoms with Gasteiger partial charge in [0.1, 0.15) is 17.7 Å². The van der Waals surface area contributed by atoms with Gasteiger partial charge in [-0.25, -0.2) is 0 Å². The number of benzene rings is 2. The van der Waals surface area contributed by atoms with E-state index in [9.17, 15) is 9.59 Å². The third kappa shape index (κ3) is 5.94. The molecule has 0 saturated heterocycles. The van der Waals surface area contributed by atoms with E-state index in [1.54, 1.807) is 0 Å². The lowest BCUT2D eigenvalue weighted by molar-refractivity contribution is -0.129. The van der Waals surface area contributed by atoms with Crippen molar-refractivity contribution < 1.29 is 14.3 Å². The molecule has 0 radical (unpaired) electrons. The molecule has 3 aromatic rings. The summed E-state index contributed by atoms with van der Waals surface area (Å²) in [5.74, 6) is -0.716. The standard InChI is InChI=1S/C21H22N4O3S/c1-14-7-6-10-16(11-14)20-24-25-21(29-20)23-19(27)17(22-18(26)13-28-2)12-15-8-4-3-5-9-15/h3-11,17H,12-13H2,1-2H3,(H,22,26)(H,23,25,27)/t17-/m1/s1. The smallest absolute Gasteiger partial charge is 0.249 e. The van der Waals surface area contributed by atoms with E-state index in [4.69, 9.17) is 4.74 Å². The monoisotopic (exact) mass is 410 g/mol. The molecule has 29 heavy (non-hydrogen) atoms. The van der Waals surface area contributed by atoms with Gasteiger partial charge in [-0.1, -0.05) is 65.4 Å². The maximum Gasteiger partial charge on any atom is 0.249 e. The van der Waals surface area contributed by atoms with E-state index >= 15 is 0 Å². The van der Waals surface area contributed by atoms with Crippen LogP contribution in [-0.2, 0) is 20.7 Å². The van der Waals surface area contributed by atoms with Gasteiger partial charge in [-0.2, -0.15) is 0 Å². The molecule has 8 heteroatoms. The molecule has 1 aromatic heterocycles. The van der Waals surface area contributed by atoms with E-state index in [2.05, 4.69) is 20.8 Å². The molecule has 150 valence electrons. The quantitative estimate of drug-likeness (QED) is 0.596. The normalized spacial score (nSPS) is 11.7. The Labute approximate surface area is 173 Å². The molecule has 0 spiro atoms. The number of carbonyl (C=O) groups is 2. The molecule has 2 aromatic carbocycles. The highest BCUT2D eigenvalue weighted by molar-refractivity contribution is 7.18. The van der Waals surface area contributed by atoms with Crippen molar-refractivity contribution in [1.29, 1.82) is 0 Å². The third-order valence-corrected chi connectivity index (χ3v) is 5.02. The number of carbonyl (C=O) groups excluding carboxylic acids is 2. The third-order valence-electron chi connectivity index (χ3n) is 4.13. The number of nitrogens with zero attached hydrogens (tertiary/aromatic N) is 2. The molecule has 2 amide bonds. The first-order valence-corrected chi connectivity index (χ1v) is 9.90. The van der Waals surface area contributed by atoms with Crippen LogP contribution in [0.4, 0.5) is 5.13 Å². The van der Waals surface area contributed by atoms with Gasteiger partial charge in [-0.15, -0.1) is 10.2 Å².